The standard InChI is InChI=1S/C10H6O4/c11-9-6-2-1-5(8-4-13-8)3-7(6)10(12)14-9/h1-3,8H,4H2. The fourth-order valence-corrected chi connectivity index (χ4v) is 1.54. The lowest BCUT2D eigenvalue weighted by atomic mass is 10.0. The van der Waals surface area contributed by atoms with Crippen LogP contribution in [0.3, 0.4) is 0 Å². The van der Waals surface area contributed by atoms with Gasteiger partial charge in [-0.3, -0.25) is 0 Å². The van der Waals surface area contributed by atoms with Gasteiger partial charge in [0.2, 0.25) is 0 Å². The van der Waals surface area contributed by atoms with E-state index in [0.717, 1.165) is 5.56 Å². The third-order valence-corrected chi connectivity index (χ3v) is 2.37. The Labute approximate surface area is 79.4 Å². The number of hydrogen-bond donors (Lipinski definition) is 0. The van der Waals surface area contributed by atoms with E-state index in [1.54, 1.807) is 18.2 Å². The lowest BCUT2D eigenvalue weighted by Gasteiger charge is -1.96. The Bertz CT molecular complexity index is 445. The van der Waals surface area contributed by atoms with Crippen LogP contribution in [0.25, 0.3) is 0 Å². The zero-order valence-corrected chi connectivity index (χ0v) is 7.15. The van der Waals surface area contributed by atoms with Crippen molar-refractivity contribution in [3.63, 3.8) is 0 Å². The molecule has 2 aliphatic rings. The molecule has 3 rings (SSSR count). The number of rotatable bonds is 1. The molecule has 0 amide bonds. The van der Waals surface area contributed by atoms with Crippen LogP contribution in [0.15, 0.2) is 18.2 Å². The monoisotopic (exact) mass is 190 g/mol. The fourth-order valence-electron chi connectivity index (χ4n) is 1.54. The van der Waals surface area contributed by atoms with Gasteiger partial charge >= 0.3 is 11.9 Å². The molecule has 0 aliphatic carbocycles. The molecule has 14 heavy (non-hydrogen) atoms. The van der Waals surface area contributed by atoms with Crippen molar-refractivity contribution in [3.8, 4) is 0 Å². The molecule has 4 nitrogen and oxygen atoms in total. The minimum atomic E-state index is -0.563. The molecule has 4 heteroatoms. The van der Waals surface area contributed by atoms with Gasteiger partial charge < -0.3 is 9.47 Å². The first-order valence-corrected chi connectivity index (χ1v) is 4.28. The third-order valence-electron chi connectivity index (χ3n) is 2.37. The van der Waals surface area contributed by atoms with Crippen LogP contribution in [-0.2, 0) is 9.47 Å². The Morgan fingerprint density at radius 3 is 2.57 bits per heavy atom. The summed E-state index contributed by atoms with van der Waals surface area (Å²) in [6, 6.07) is 5.07. The van der Waals surface area contributed by atoms with Gasteiger partial charge in [0, 0.05) is 0 Å². The number of hydrogen-bond acceptors (Lipinski definition) is 4. The first-order chi connectivity index (χ1) is 6.75. The van der Waals surface area contributed by atoms with Crippen molar-refractivity contribution < 1.29 is 19.1 Å². The Hall–Kier alpha value is -1.68. The Morgan fingerprint density at radius 1 is 1.14 bits per heavy atom. The van der Waals surface area contributed by atoms with E-state index in [9.17, 15) is 9.59 Å². The van der Waals surface area contributed by atoms with E-state index in [1.165, 1.54) is 0 Å². The van der Waals surface area contributed by atoms with Crippen molar-refractivity contribution in [2.24, 2.45) is 0 Å². The number of fused-ring (bicyclic) bond motifs is 1. The Kier molecular flexibility index (Phi) is 1.33. The van der Waals surface area contributed by atoms with Gasteiger partial charge in [0.05, 0.1) is 17.7 Å². The lowest BCUT2D eigenvalue weighted by molar-refractivity contribution is 0.0444. The minimum Gasteiger partial charge on any atom is -0.386 e. The molecule has 0 spiro atoms. The number of carbonyl (C=O) groups excluding carboxylic acids is 2. The summed E-state index contributed by atoms with van der Waals surface area (Å²) in [5.74, 6) is -1.12. The predicted molar refractivity (Wildman–Crippen MR) is 44.9 cm³/mol. The number of esters is 2. The summed E-state index contributed by atoms with van der Waals surface area (Å²) in [5, 5.41) is 0. The summed E-state index contributed by atoms with van der Waals surface area (Å²) in [7, 11) is 0. The van der Waals surface area contributed by atoms with E-state index in [-0.39, 0.29) is 6.10 Å². The number of cyclic esters (lactones) is 2. The highest BCUT2D eigenvalue weighted by Gasteiger charge is 2.32. The van der Waals surface area contributed by atoms with Crippen LogP contribution in [0.1, 0.15) is 32.4 Å². The summed E-state index contributed by atoms with van der Waals surface area (Å²) in [6.07, 6.45) is 0.0869. The minimum absolute atomic E-state index is 0.0869. The van der Waals surface area contributed by atoms with E-state index in [2.05, 4.69) is 4.74 Å². The van der Waals surface area contributed by atoms with E-state index in [0.29, 0.717) is 17.7 Å². The quantitative estimate of drug-likeness (QED) is 0.377. The fraction of sp³-hybridized carbons (Fsp3) is 0.200. The first kappa shape index (κ1) is 7.70. The zero-order chi connectivity index (χ0) is 9.71. The van der Waals surface area contributed by atoms with Gasteiger partial charge in [-0.2, -0.15) is 0 Å². The molecule has 1 unspecified atom stereocenters. The van der Waals surface area contributed by atoms with Crippen molar-refractivity contribution in [3.05, 3.63) is 34.9 Å². The number of epoxide rings is 1. The molecule has 2 heterocycles. The van der Waals surface area contributed by atoms with Gasteiger partial charge in [-0.15, -0.1) is 0 Å². The molecule has 0 N–H and O–H groups in total. The predicted octanol–water partition coefficient (Wildman–Crippen LogP) is 1.07. The summed E-state index contributed by atoms with van der Waals surface area (Å²) in [6.45, 7) is 0.682. The van der Waals surface area contributed by atoms with E-state index < -0.39 is 11.9 Å². The van der Waals surface area contributed by atoms with Crippen LogP contribution in [0.5, 0.6) is 0 Å². The van der Waals surface area contributed by atoms with Crippen molar-refractivity contribution in [1.82, 2.24) is 0 Å². The van der Waals surface area contributed by atoms with Gasteiger partial charge in [0.15, 0.2) is 0 Å². The molecule has 1 saturated heterocycles. The molecule has 0 bridgehead atoms. The van der Waals surface area contributed by atoms with Crippen LogP contribution in [-0.4, -0.2) is 18.5 Å². The van der Waals surface area contributed by atoms with Gasteiger partial charge in [-0.05, 0) is 17.7 Å². The van der Waals surface area contributed by atoms with E-state index >= 15 is 0 Å². The molecular weight excluding hydrogens is 184 g/mol. The summed E-state index contributed by atoms with van der Waals surface area (Å²) >= 11 is 0. The topological polar surface area (TPSA) is 55.9 Å². The van der Waals surface area contributed by atoms with Gasteiger partial charge in [-0.1, -0.05) is 6.07 Å². The molecule has 1 fully saturated rings. The zero-order valence-electron chi connectivity index (χ0n) is 7.15. The largest absolute Gasteiger partial charge is 0.386 e. The van der Waals surface area contributed by atoms with Crippen molar-refractivity contribution in [2.75, 3.05) is 6.61 Å². The number of ether oxygens (including phenoxy) is 2. The Morgan fingerprint density at radius 2 is 1.86 bits per heavy atom. The van der Waals surface area contributed by atoms with E-state index in [1.807, 2.05) is 0 Å². The molecule has 0 radical (unpaired) electrons. The average Bonchev–Trinajstić information content (AvgIpc) is 2.96. The smallest absolute Gasteiger partial charge is 0.346 e. The van der Waals surface area contributed by atoms with Crippen LogP contribution >= 0.6 is 0 Å². The van der Waals surface area contributed by atoms with E-state index in [4.69, 9.17) is 4.74 Å². The van der Waals surface area contributed by atoms with Crippen molar-refractivity contribution in [2.45, 2.75) is 6.10 Å². The molecule has 1 aromatic carbocycles. The molecule has 2 aliphatic heterocycles. The van der Waals surface area contributed by atoms with Crippen LogP contribution in [0.2, 0.25) is 0 Å². The molecule has 1 aromatic rings. The molecule has 0 saturated carbocycles. The summed E-state index contributed by atoms with van der Waals surface area (Å²) in [4.78, 5) is 22.3. The molecular formula is C10H6O4. The van der Waals surface area contributed by atoms with Crippen molar-refractivity contribution in [1.29, 1.82) is 0 Å². The summed E-state index contributed by atoms with van der Waals surface area (Å²) in [5.41, 5.74) is 1.62. The highest BCUT2D eigenvalue weighted by atomic mass is 16.6. The molecule has 70 valence electrons. The highest BCUT2D eigenvalue weighted by molar-refractivity contribution is 6.14. The van der Waals surface area contributed by atoms with Crippen molar-refractivity contribution >= 4 is 11.9 Å². The Balaban J connectivity index is 2.13. The second-order valence-electron chi connectivity index (χ2n) is 3.30. The highest BCUT2D eigenvalue weighted by Crippen LogP contribution is 2.32. The second kappa shape index (κ2) is 2.42. The van der Waals surface area contributed by atoms with Crippen LogP contribution < -0.4 is 0 Å². The first-order valence-electron chi connectivity index (χ1n) is 4.28. The van der Waals surface area contributed by atoms with Gasteiger partial charge in [0.1, 0.15) is 6.10 Å². The van der Waals surface area contributed by atoms with Gasteiger partial charge in [-0.25, -0.2) is 9.59 Å². The second-order valence-corrected chi connectivity index (χ2v) is 3.30. The van der Waals surface area contributed by atoms with Crippen LogP contribution in [0, 0.1) is 0 Å². The third kappa shape index (κ3) is 0.975. The number of benzene rings is 1. The maximum Gasteiger partial charge on any atom is 0.346 e. The maximum atomic E-state index is 11.2. The van der Waals surface area contributed by atoms with Crippen LogP contribution in [0.4, 0.5) is 0 Å². The van der Waals surface area contributed by atoms with Gasteiger partial charge in [0.25, 0.3) is 0 Å². The number of carbonyl (C=O) groups is 2. The SMILES string of the molecule is O=C1OC(=O)c2cc(C3CO3)ccc21. The summed E-state index contributed by atoms with van der Waals surface area (Å²) < 4.78 is 9.55. The maximum absolute atomic E-state index is 11.2. The lowest BCUT2D eigenvalue weighted by Crippen LogP contribution is -1.96. The average molecular weight is 190 g/mol. The molecule has 0 aromatic heterocycles. The normalized spacial score (nSPS) is 23.3. The molecule has 1 atom stereocenters.